The first kappa shape index (κ1) is 23.7. The van der Waals surface area contributed by atoms with Gasteiger partial charge in [-0.15, -0.1) is 0 Å². The number of hydrogen-bond acceptors (Lipinski definition) is 7. The minimum Gasteiger partial charge on any atom is -0.544 e. The number of nitrogens with one attached hydrogen (secondary N) is 1. The van der Waals surface area contributed by atoms with Gasteiger partial charge in [-0.2, -0.15) is 0 Å². The first-order valence-corrected chi connectivity index (χ1v) is 10.8. The molecule has 0 saturated carbocycles. The van der Waals surface area contributed by atoms with E-state index in [0.29, 0.717) is 0 Å². The van der Waals surface area contributed by atoms with Crippen molar-refractivity contribution in [2.24, 2.45) is 0 Å². The van der Waals surface area contributed by atoms with Crippen LogP contribution in [-0.2, 0) is 28.2 Å². The van der Waals surface area contributed by atoms with Gasteiger partial charge in [-0.25, -0.2) is 14.4 Å². The summed E-state index contributed by atoms with van der Waals surface area (Å²) >= 11 is 0. The van der Waals surface area contributed by atoms with E-state index < -0.39 is 31.9 Å². The zero-order valence-corrected chi connectivity index (χ0v) is 17.7. The lowest BCUT2D eigenvalue weighted by Crippen LogP contribution is -2.60. The Bertz CT molecular complexity index is 574. The molecule has 0 bridgehead atoms. The van der Waals surface area contributed by atoms with Gasteiger partial charge in [0.15, 0.2) is 0 Å². The predicted octanol–water partition coefficient (Wildman–Crippen LogP) is 2.52. The normalized spacial score (nSPS) is 12.7. The van der Waals surface area contributed by atoms with Crippen LogP contribution in [0, 0.1) is 0 Å². The Labute approximate surface area is 155 Å². The number of ether oxygens (including phenoxy) is 3. The lowest BCUT2D eigenvalue weighted by atomic mass is 9.98. The van der Waals surface area contributed by atoms with Crippen LogP contribution < -0.4 is 5.32 Å². The van der Waals surface area contributed by atoms with Crippen molar-refractivity contribution in [1.29, 1.82) is 0 Å². The SMILES string of the molecule is C=C/C(=C/C(NC(=O)OC)(C(=O)OC)C(=O)OC)O[Si](C)(C)C(C)(C)C. The van der Waals surface area contributed by atoms with Gasteiger partial charge in [0.1, 0.15) is 5.76 Å². The van der Waals surface area contributed by atoms with Crippen molar-refractivity contribution in [3.05, 3.63) is 24.5 Å². The maximum Gasteiger partial charge on any atom is 0.408 e. The highest BCUT2D eigenvalue weighted by atomic mass is 28.4. The van der Waals surface area contributed by atoms with Crippen LogP contribution in [0.25, 0.3) is 0 Å². The van der Waals surface area contributed by atoms with Crippen LogP contribution >= 0.6 is 0 Å². The summed E-state index contributed by atoms with van der Waals surface area (Å²) in [5, 5.41) is 2.02. The molecule has 1 amide bonds. The van der Waals surface area contributed by atoms with Gasteiger partial charge in [0.2, 0.25) is 8.32 Å². The van der Waals surface area contributed by atoms with Crippen LogP contribution in [0.1, 0.15) is 20.8 Å². The predicted molar refractivity (Wildman–Crippen MR) is 98.9 cm³/mol. The molecule has 26 heavy (non-hydrogen) atoms. The maximum absolute atomic E-state index is 12.4. The molecule has 0 aliphatic rings. The van der Waals surface area contributed by atoms with E-state index in [4.69, 9.17) is 13.9 Å². The monoisotopic (exact) mass is 387 g/mol. The molecule has 0 aromatic rings. The summed E-state index contributed by atoms with van der Waals surface area (Å²) in [6.07, 6.45) is 1.45. The summed E-state index contributed by atoms with van der Waals surface area (Å²) in [4.78, 5) is 36.5. The maximum atomic E-state index is 12.4. The number of hydrogen-bond donors (Lipinski definition) is 1. The van der Waals surface area contributed by atoms with E-state index in [1.54, 1.807) is 0 Å². The molecule has 0 saturated heterocycles. The molecule has 0 unspecified atom stereocenters. The van der Waals surface area contributed by atoms with Gasteiger partial charge >= 0.3 is 18.0 Å². The molecule has 0 aromatic heterocycles. The lowest BCUT2D eigenvalue weighted by Gasteiger charge is -2.37. The van der Waals surface area contributed by atoms with Crippen LogP contribution in [0.15, 0.2) is 24.5 Å². The number of alkyl carbamates (subject to hydrolysis) is 1. The minimum atomic E-state index is -2.31. The highest BCUT2D eigenvalue weighted by Gasteiger charge is 2.50. The molecule has 0 atom stereocenters. The summed E-state index contributed by atoms with van der Waals surface area (Å²) in [6, 6.07) is 0. The number of methoxy groups -OCH3 is 3. The first-order valence-electron chi connectivity index (χ1n) is 7.88. The molecule has 1 N–H and O–H groups in total. The molecule has 0 radical (unpaired) electrons. The van der Waals surface area contributed by atoms with E-state index in [9.17, 15) is 14.4 Å². The average molecular weight is 388 g/mol. The lowest BCUT2D eigenvalue weighted by molar-refractivity contribution is -0.160. The van der Waals surface area contributed by atoms with E-state index in [2.05, 4.69) is 16.6 Å². The van der Waals surface area contributed by atoms with Crippen LogP contribution in [0.4, 0.5) is 4.79 Å². The molecule has 148 valence electrons. The third-order valence-corrected chi connectivity index (χ3v) is 8.60. The van der Waals surface area contributed by atoms with E-state index in [-0.39, 0.29) is 10.8 Å². The van der Waals surface area contributed by atoms with Crippen molar-refractivity contribution >= 4 is 26.3 Å². The molecule has 0 aromatic carbocycles. The smallest absolute Gasteiger partial charge is 0.408 e. The Kier molecular flexibility index (Phi) is 8.10. The van der Waals surface area contributed by atoms with E-state index in [1.807, 2.05) is 33.9 Å². The second kappa shape index (κ2) is 8.88. The minimum absolute atomic E-state index is 0.142. The Balaban J connectivity index is 6.34. The quantitative estimate of drug-likeness (QED) is 0.179. The Morgan fingerprint density at radius 2 is 1.42 bits per heavy atom. The Morgan fingerprint density at radius 3 is 1.73 bits per heavy atom. The fourth-order valence-electron chi connectivity index (χ4n) is 1.66. The zero-order chi connectivity index (χ0) is 20.8. The topological polar surface area (TPSA) is 100 Å². The summed E-state index contributed by atoms with van der Waals surface area (Å²) in [6.45, 7) is 13.7. The van der Waals surface area contributed by atoms with Crippen LogP contribution in [0.3, 0.4) is 0 Å². The molecule has 0 aliphatic heterocycles. The number of carbonyl (C=O) groups excluding carboxylic acids is 3. The highest BCUT2D eigenvalue weighted by Crippen LogP contribution is 2.38. The third-order valence-electron chi connectivity index (χ3n) is 4.24. The molecular formula is C17H29NO7Si. The number of amides is 1. The molecule has 8 nitrogen and oxygen atoms in total. The highest BCUT2D eigenvalue weighted by molar-refractivity contribution is 6.74. The fourth-order valence-corrected chi connectivity index (χ4v) is 2.70. The fraction of sp³-hybridized carbons (Fsp3) is 0.588. The van der Waals surface area contributed by atoms with Crippen LogP contribution in [-0.4, -0.2) is 53.2 Å². The molecule has 0 aliphatic carbocycles. The Hall–Kier alpha value is -2.29. The van der Waals surface area contributed by atoms with Gasteiger partial charge in [0.25, 0.3) is 5.54 Å². The van der Waals surface area contributed by atoms with Crippen LogP contribution in [0.5, 0.6) is 0 Å². The first-order chi connectivity index (χ1) is 11.8. The summed E-state index contributed by atoms with van der Waals surface area (Å²) in [5.41, 5.74) is -2.28. The standard InChI is InChI=1S/C17H29NO7Si/c1-10-12(25-26(8,9)16(2,3)4)11-17(13(19)22-5,14(20)23-6)18-15(21)24-7/h10-11H,1H2,2-9H3,(H,18,21)/b12-11-. The van der Waals surface area contributed by atoms with Crippen molar-refractivity contribution in [2.45, 2.75) is 44.4 Å². The van der Waals surface area contributed by atoms with Crippen molar-refractivity contribution in [2.75, 3.05) is 21.3 Å². The second-order valence-corrected chi connectivity index (χ2v) is 11.7. The van der Waals surface area contributed by atoms with Crippen molar-refractivity contribution in [3.63, 3.8) is 0 Å². The number of allylic oxidation sites excluding steroid dienone is 1. The second-order valence-electron chi connectivity index (χ2n) is 7.02. The largest absolute Gasteiger partial charge is 0.544 e. The molecule has 9 heteroatoms. The summed E-state index contributed by atoms with van der Waals surface area (Å²) < 4.78 is 20.0. The van der Waals surface area contributed by atoms with Gasteiger partial charge in [0, 0.05) is 6.08 Å². The molecule has 0 rings (SSSR count). The van der Waals surface area contributed by atoms with Crippen molar-refractivity contribution in [1.82, 2.24) is 5.32 Å². The van der Waals surface area contributed by atoms with Gasteiger partial charge < -0.3 is 18.6 Å². The Morgan fingerprint density at radius 1 is 0.962 bits per heavy atom. The average Bonchev–Trinajstić information content (AvgIpc) is 2.57. The van der Waals surface area contributed by atoms with Gasteiger partial charge in [-0.1, -0.05) is 27.4 Å². The van der Waals surface area contributed by atoms with Crippen LogP contribution in [0.2, 0.25) is 18.1 Å². The molecular weight excluding hydrogens is 358 g/mol. The van der Waals surface area contributed by atoms with Gasteiger partial charge in [-0.3, -0.25) is 5.32 Å². The zero-order valence-electron chi connectivity index (χ0n) is 16.7. The molecule has 0 spiro atoms. The number of carbonyl (C=O) groups is 3. The van der Waals surface area contributed by atoms with Crippen molar-refractivity contribution in [3.8, 4) is 0 Å². The summed E-state index contributed by atoms with van der Waals surface area (Å²) in [7, 11) is 0.938. The molecule has 0 heterocycles. The third kappa shape index (κ3) is 5.35. The van der Waals surface area contributed by atoms with E-state index in [1.165, 1.54) is 6.08 Å². The van der Waals surface area contributed by atoms with Crippen molar-refractivity contribution < 1.29 is 33.0 Å². The van der Waals surface area contributed by atoms with Gasteiger partial charge in [0.05, 0.1) is 21.3 Å². The number of esters is 2. The summed E-state index contributed by atoms with van der Waals surface area (Å²) in [5.74, 6) is -1.98. The van der Waals surface area contributed by atoms with Gasteiger partial charge in [-0.05, 0) is 24.2 Å². The molecule has 0 fully saturated rings. The van der Waals surface area contributed by atoms with E-state index in [0.717, 1.165) is 27.4 Å². The number of rotatable bonds is 7. The van der Waals surface area contributed by atoms with E-state index >= 15 is 0 Å².